The molecule has 0 aliphatic carbocycles. The van der Waals surface area contributed by atoms with E-state index in [0.29, 0.717) is 12.1 Å². The molecule has 1 aromatic carbocycles. The van der Waals surface area contributed by atoms with Crippen LogP contribution >= 0.6 is 39.1 Å². The Morgan fingerprint density at radius 2 is 1.90 bits per heavy atom. The molecule has 0 unspecified atom stereocenters. The third kappa shape index (κ3) is 4.65. The Morgan fingerprint density at radius 1 is 1.31 bits per heavy atom. The van der Waals surface area contributed by atoms with E-state index in [1.165, 1.54) is 7.11 Å². The second-order valence-electron chi connectivity index (χ2n) is 5.15. The SMILES string of the molecule is COc1c(/C=N/C(C#N)=C(\N)C#N)nn(-c2c(Cl)cc(C(F)(F)F)cc2Cl)c1Br. The number of nitriles is 2. The first-order chi connectivity index (χ1) is 13.5. The average molecular weight is 508 g/mol. The topological polar surface area (TPSA) is 113 Å². The van der Waals surface area contributed by atoms with Crippen molar-refractivity contribution >= 4 is 45.3 Å². The summed E-state index contributed by atoms with van der Waals surface area (Å²) in [6.07, 6.45) is -3.54. The minimum atomic E-state index is -4.64. The van der Waals surface area contributed by atoms with Gasteiger partial charge in [-0.15, -0.1) is 0 Å². The molecule has 0 atom stereocenters. The molecule has 0 bridgehead atoms. The monoisotopic (exact) mass is 506 g/mol. The zero-order valence-electron chi connectivity index (χ0n) is 14.2. The van der Waals surface area contributed by atoms with E-state index < -0.39 is 17.4 Å². The van der Waals surface area contributed by atoms with Crippen molar-refractivity contribution in [2.24, 2.45) is 10.7 Å². The van der Waals surface area contributed by atoms with Crippen LogP contribution in [0.1, 0.15) is 11.3 Å². The number of rotatable bonds is 4. The van der Waals surface area contributed by atoms with Crippen molar-refractivity contribution in [3.05, 3.63) is 49.4 Å². The normalized spacial score (nSPS) is 12.4. The largest absolute Gasteiger partial charge is 0.492 e. The fourth-order valence-electron chi connectivity index (χ4n) is 2.09. The van der Waals surface area contributed by atoms with Crippen molar-refractivity contribution in [1.82, 2.24) is 9.78 Å². The van der Waals surface area contributed by atoms with Gasteiger partial charge < -0.3 is 10.5 Å². The number of methoxy groups -OCH3 is 1. The van der Waals surface area contributed by atoms with Crippen LogP contribution < -0.4 is 10.5 Å². The highest BCUT2D eigenvalue weighted by Gasteiger charge is 2.33. The van der Waals surface area contributed by atoms with E-state index in [9.17, 15) is 13.2 Å². The van der Waals surface area contributed by atoms with E-state index in [1.54, 1.807) is 12.1 Å². The third-order valence-electron chi connectivity index (χ3n) is 3.37. The molecule has 0 fully saturated rings. The first-order valence-electron chi connectivity index (χ1n) is 7.28. The molecule has 13 heteroatoms. The Morgan fingerprint density at radius 3 is 2.34 bits per heavy atom. The summed E-state index contributed by atoms with van der Waals surface area (Å²) in [7, 11) is 1.31. The van der Waals surface area contributed by atoms with Gasteiger partial charge in [0.2, 0.25) is 0 Å². The number of ether oxygens (including phenoxy) is 1. The maximum Gasteiger partial charge on any atom is 0.416 e. The summed E-state index contributed by atoms with van der Waals surface area (Å²) in [6.45, 7) is 0. The van der Waals surface area contributed by atoms with Gasteiger partial charge in [0.25, 0.3) is 0 Å². The van der Waals surface area contributed by atoms with Crippen molar-refractivity contribution < 1.29 is 17.9 Å². The molecule has 29 heavy (non-hydrogen) atoms. The van der Waals surface area contributed by atoms with Gasteiger partial charge in [-0.3, -0.25) is 0 Å². The summed E-state index contributed by atoms with van der Waals surface area (Å²) >= 11 is 15.2. The van der Waals surface area contributed by atoms with Crippen LogP contribution in [0.15, 0.2) is 33.1 Å². The Labute approximate surface area is 180 Å². The number of alkyl halides is 3. The fourth-order valence-corrected chi connectivity index (χ4v) is 3.36. The molecule has 0 amide bonds. The van der Waals surface area contributed by atoms with Crippen LogP contribution in [-0.4, -0.2) is 23.1 Å². The van der Waals surface area contributed by atoms with Crippen molar-refractivity contribution in [3.63, 3.8) is 0 Å². The zero-order chi connectivity index (χ0) is 21.9. The predicted molar refractivity (Wildman–Crippen MR) is 103 cm³/mol. The molecule has 0 spiro atoms. The van der Waals surface area contributed by atoms with Crippen LogP contribution in [0, 0.1) is 22.7 Å². The van der Waals surface area contributed by atoms with Crippen LogP contribution in [0.25, 0.3) is 5.69 Å². The van der Waals surface area contributed by atoms with Crippen LogP contribution in [0.3, 0.4) is 0 Å². The van der Waals surface area contributed by atoms with Crippen molar-refractivity contribution in [2.45, 2.75) is 6.18 Å². The van der Waals surface area contributed by atoms with E-state index in [1.807, 2.05) is 0 Å². The molecule has 1 heterocycles. The highest BCUT2D eigenvalue weighted by atomic mass is 79.9. The minimum Gasteiger partial charge on any atom is -0.492 e. The summed E-state index contributed by atoms with van der Waals surface area (Å²) in [4.78, 5) is 3.79. The van der Waals surface area contributed by atoms with Gasteiger partial charge >= 0.3 is 6.18 Å². The minimum absolute atomic E-state index is 0.0428. The van der Waals surface area contributed by atoms with Gasteiger partial charge in [0.05, 0.1) is 28.9 Å². The number of aromatic nitrogens is 2. The number of aliphatic imine (C=N–C) groups is 1. The first-order valence-corrected chi connectivity index (χ1v) is 8.83. The first kappa shape index (κ1) is 22.6. The molecule has 2 aromatic rings. The molecule has 0 aliphatic heterocycles. The number of allylic oxidation sites excluding steroid dienone is 2. The molecular formula is C16H8BrCl2F3N6O. The van der Waals surface area contributed by atoms with Gasteiger partial charge in [-0.25, -0.2) is 9.67 Å². The molecular weight excluding hydrogens is 500 g/mol. The lowest BCUT2D eigenvalue weighted by Gasteiger charge is -2.13. The van der Waals surface area contributed by atoms with E-state index in [4.69, 9.17) is 44.2 Å². The lowest BCUT2D eigenvalue weighted by Crippen LogP contribution is -2.07. The van der Waals surface area contributed by atoms with Crippen LogP contribution in [0.4, 0.5) is 13.2 Å². The Kier molecular flexibility index (Phi) is 6.80. The smallest absolute Gasteiger partial charge is 0.416 e. The molecule has 7 nitrogen and oxygen atoms in total. The lowest BCUT2D eigenvalue weighted by atomic mass is 10.2. The van der Waals surface area contributed by atoms with Crippen molar-refractivity contribution in [3.8, 4) is 23.6 Å². The van der Waals surface area contributed by atoms with Crippen LogP contribution in [-0.2, 0) is 6.18 Å². The van der Waals surface area contributed by atoms with Crippen LogP contribution in [0.5, 0.6) is 5.75 Å². The third-order valence-corrected chi connectivity index (χ3v) is 4.64. The molecule has 1 aromatic heterocycles. The van der Waals surface area contributed by atoms with Gasteiger partial charge in [0, 0.05) is 0 Å². The summed E-state index contributed by atoms with van der Waals surface area (Å²) in [5.41, 5.74) is 3.60. The summed E-state index contributed by atoms with van der Waals surface area (Å²) in [5.74, 6) is 0.119. The predicted octanol–water partition coefficient (Wildman–Crippen LogP) is 4.61. The molecule has 0 radical (unpaired) electrons. The molecule has 0 saturated heterocycles. The van der Waals surface area contributed by atoms with E-state index in [0.717, 1.165) is 10.9 Å². The molecule has 0 aliphatic rings. The maximum absolute atomic E-state index is 12.9. The fraction of sp³-hybridized carbons (Fsp3) is 0.125. The van der Waals surface area contributed by atoms with E-state index in [2.05, 4.69) is 26.0 Å². The lowest BCUT2D eigenvalue weighted by molar-refractivity contribution is -0.137. The second kappa shape index (κ2) is 8.74. The van der Waals surface area contributed by atoms with Gasteiger partial charge in [0.1, 0.15) is 29.2 Å². The number of nitrogens with two attached hydrogens (primary N) is 1. The van der Waals surface area contributed by atoms with Crippen molar-refractivity contribution in [2.75, 3.05) is 7.11 Å². The zero-order valence-corrected chi connectivity index (χ0v) is 17.3. The second-order valence-corrected chi connectivity index (χ2v) is 6.72. The summed E-state index contributed by atoms with van der Waals surface area (Å²) in [6, 6.07) is 4.65. The molecule has 2 N–H and O–H groups in total. The quantitative estimate of drug-likeness (QED) is 0.479. The van der Waals surface area contributed by atoms with Gasteiger partial charge in [-0.1, -0.05) is 23.2 Å². The standard InChI is InChI=1S/C16H8BrCl2F3N6O/c1-29-14-12(6-26-11(5-24)10(25)4-23)27-28(15(14)17)13-8(18)2-7(3-9(13)19)16(20,21)22/h2-3,6H,25H2,1H3/b11-10-,26-6+. The van der Waals surface area contributed by atoms with Crippen molar-refractivity contribution in [1.29, 1.82) is 10.5 Å². The van der Waals surface area contributed by atoms with E-state index >= 15 is 0 Å². The van der Waals surface area contributed by atoms with Gasteiger partial charge in [-0.05, 0) is 28.1 Å². The number of nitrogens with zero attached hydrogens (tertiary/aromatic N) is 5. The molecule has 0 saturated carbocycles. The summed E-state index contributed by atoms with van der Waals surface area (Å²) < 4.78 is 45.3. The van der Waals surface area contributed by atoms with Gasteiger partial charge in [0.15, 0.2) is 16.0 Å². The average Bonchev–Trinajstić information content (AvgIpc) is 2.96. The Bertz CT molecular complexity index is 1090. The molecule has 150 valence electrons. The number of benzene rings is 1. The number of halogens is 6. The maximum atomic E-state index is 12.9. The highest BCUT2D eigenvalue weighted by Crippen LogP contribution is 2.40. The van der Waals surface area contributed by atoms with Crippen LogP contribution in [0.2, 0.25) is 10.0 Å². The highest BCUT2D eigenvalue weighted by molar-refractivity contribution is 9.10. The molecule has 2 rings (SSSR count). The summed E-state index contributed by atoms with van der Waals surface area (Å²) in [5, 5.41) is 21.3. The van der Waals surface area contributed by atoms with Gasteiger partial charge in [-0.2, -0.15) is 28.8 Å². The Hall–Kier alpha value is -2.73. The van der Waals surface area contributed by atoms with E-state index in [-0.39, 0.29) is 37.5 Å². The number of hydrogen-bond donors (Lipinski definition) is 1. The number of hydrogen-bond acceptors (Lipinski definition) is 6. The Balaban J connectivity index is 2.64.